The average Bonchev–Trinajstić information content (AvgIpc) is 2.60. The predicted molar refractivity (Wildman–Crippen MR) is 110 cm³/mol. The van der Waals surface area contributed by atoms with Gasteiger partial charge in [0.15, 0.2) is 0 Å². The Hall–Kier alpha value is -2.34. The maximum absolute atomic E-state index is 12.6. The molecule has 27 heavy (non-hydrogen) atoms. The van der Waals surface area contributed by atoms with Crippen LogP contribution in [0.15, 0.2) is 47.4 Å². The van der Waals surface area contributed by atoms with Crippen molar-refractivity contribution in [2.75, 3.05) is 17.8 Å². The quantitative estimate of drug-likeness (QED) is 0.730. The summed E-state index contributed by atoms with van der Waals surface area (Å²) in [6.07, 6.45) is 1.77. The zero-order chi connectivity index (χ0) is 20.0. The lowest BCUT2D eigenvalue weighted by atomic mass is 10.1. The van der Waals surface area contributed by atoms with Crippen molar-refractivity contribution in [3.63, 3.8) is 0 Å². The van der Waals surface area contributed by atoms with Gasteiger partial charge in [0.05, 0.1) is 4.90 Å². The van der Waals surface area contributed by atoms with E-state index in [1.165, 1.54) is 12.1 Å². The summed E-state index contributed by atoms with van der Waals surface area (Å²) < 4.78 is 27.9. The second-order valence-corrected chi connectivity index (χ2v) is 8.48. The smallest absolute Gasteiger partial charge is 0.261 e. The van der Waals surface area contributed by atoms with Crippen LogP contribution in [0, 0.1) is 13.8 Å². The molecule has 0 unspecified atom stereocenters. The van der Waals surface area contributed by atoms with Gasteiger partial charge in [-0.15, -0.1) is 0 Å². The van der Waals surface area contributed by atoms with E-state index in [2.05, 4.69) is 4.72 Å². The van der Waals surface area contributed by atoms with E-state index in [9.17, 15) is 13.2 Å². The van der Waals surface area contributed by atoms with Crippen LogP contribution in [-0.4, -0.2) is 32.3 Å². The molecular weight excluding hydrogens is 360 g/mol. The number of anilines is 1. The molecule has 0 aliphatic rings. The molecular formula is C21H28N2O3S. The first kappa shape index (κ1) is 21.0. The number of sulfonamides is 1. The van der Waals surface area contributed by atoms with Crippen molar-refractivity contribution in [2.24, 2.45) is 0 Å². The first-order valence-electron chi connectivity index (χ1n) is 9.27. The molecule has 0 aliphatic carbocycles. The van der Waals surface area contributed by atoms with E-state index in [0.717, 1.165) is 24.0 Å². The highest BCUT2D eigenvalue weighted by atomic mass is 32.2. The highest BCUT2D eigenvalue weighted by molar-refractivity contribution is 7.92. The fourth-order valence-electron chi connectivity index (χ4n) is 3.06. The number of nitrogens with one attached hydrogen (secondary N) is 1. The number of hydrogen-bond donors (Lipinski definition) is 1. The summed E-state index contributed by atoms with van der Waals surface area (Å²) in [5.41, 5.74) is 3.01. The van der Waals surface area contributed by atoms with E-state index in [4.69, 9.17) is 0 Å². The summed E-state index contributed by atoms with van der Waals surface area (Å²) in [4.78, 5) is 14.6. The maximum Gasteiger partial charge on any atom is 0.261 e. The lowest BCUT2D eigenvalue weighted by molar-refractivity contribution is 0.0755. The van der Waals surface area contributed by atoms with Crippen molar-refractivity contribution in [3.8, 4) is 0 Å². The Morgan fingerprint density at radius 2 is 1.44 bits per heavy atom. The molecule has 2 rings (SSSR count). The van der Waals surface area contributed by atoms with Gasteiger partial charge >= 0.3 is 0 Å². The number of benzene rings is 2. The second kappa shape index (κ2) is 9.04. The molecule has 1 amide bonds. The largest absolute Gasteiger partial charge is 0.339 e. The molecule has 146 valence electrons. The van der Waals surface area contributed by atoms with Gasteiger partial charge < -0.3 is 4.90 Å². The Balaban J connectivity index is 2.21. The highest BCUT2D eigenvalue weighted by Crippen LogP contribution is 2.20. The third-order valence-corrected chi connectivity index (χ3v) is 5.56. The molecule has 1 N–H and O–H groups in total. The Morgan fingerprint density at radius 3 is 1.93 bits per heavy atom. The molecule has 2 aromatic carbocycles. The molecule has 0 aliphatic heterocycles. The third kappa shape index (κ3) is 5.57. The van der Waals surface area contributed by atoms with Gasteiger partial charge in [0.2, 0.25) is 0 Å². The van der Waals surface area contributed by atoms with E-state index in [-0.39, 0.29) is 10.8 Å². The first-order valence-corrected chi connectivity index (χ1v) is 10.8. The second-order valence-electron chi connectivity index (χ2n) is 6.80. The van der Waals surface area contributed by atoms with Crippen molar-refractivity contribution >= 4 is 21.6 Å². The summed E-state index contributed by atoms with van der Waals surface area (Å²) in [5, 5.41) is 0. The van der Waals surface area contributed by atoms with E-state index < -0.39 is 10.0 Å². The molecule has 6 heteroatoms. The SMILES string of the molecule is CCCN(CCC)C(=O)c1ccc(S(=O)(=O)Nc2cc(C)cc(C)c2)cc1. The van der Waals surface area contributed by atoms with Crippen LogP contribution < -0.4 is 4.72 Å². The molecule has 0 saturated carbocycles. The standard InChI is InChI=1S/C21H28N2O3S/c1-5-11-23(12-6-2)21(24)18-7-9-20(10-8-18)27(25,26)22-19-14-16(3)13-17(4)15-19/h7-10,13-15,22H,5-6,11-12H2,1-4H3. The monoisotopic (exact) mass is 388 g/mol. The summed E-state index contributed by atoms with van der Waals surface area (Å²) >= 11 is 0. The van der Waals surface area contributed by atoms with Crippen molar-refractivity contribution < 1.29 is 13.2 Å². The number of carbonyl (C=O) groups excluding carboxylic acids is 1. The van der Waals surface area contributed by atoms with Gasteiger partial charge in [-0.3, -0.25) is 9.52 Å². The Labute approximate surface area is 162 Å². The molecule has 0 aromatic heterocycles. The van der Waals surface area contributed by atoms with Crippen LogP contribution in [0.25, 0.3) is 0 Å². The fraction of sp³-hybridized carbons (Fsp3) is 0.381. The van der Waals surface area contributed by atoms with Gasteiger partial charge in [0, 0.05) is 24.3 Å². The van der Waals surface area contributed by atoms with E-state index in [0.29, 0.717) is 24.3 Å². The number of nitrogens with zero attached hydrogens (tertiary/aromatic N) is 1. The number of hydrogen-bond acceptors (Lipinski definition) is 3. The molecule has 5 nitrogen and oxygen atoms in total. The van der Waals surface area contributed by atoms with Crippen LogP contribution in [0.2, 0.25) is 0 Å². The summed E-state index contributed by atoms with van der Waals surface area (Å²) in [6, 6.07) is 11.7. The lowest BCUT2D eigenvalue weighted by Crippen LogP contribution is -2.32. The Bertz CT molecular complexity index is 864. The average molecular weight is 389 g/mol. The molecule has 0 spiro atoms. The van der Waals surface area contributed by atoms with Crippen LogP contribution in [-0.2, 0) is 10.0 Å². The van der Waals surface area contributed by atoms with Crippen molar-refractivity contribution in [1.29, 1.82) is 0 Å². The molecule has 0 saturated heterocycles. The van der Waals surface area contributed by atoms with Crippen LogP contribution in [0.4, 0.5) is 5.69 Å². The zero-order valence-corrected chi connectivity index (χ0v) is 17.3. The molecule has 0 atom stereocenters. The molecule has 2 aromatic rings. The van der Waals surface area contributed by atoms with Crippen LogP contribution >= 0.6 is 0 Å². The fourth-order valence-corrected chi connectivity index (χ4v) is 4.10. The number of aryl methyl sites for hydroxylation is 2. The Morgan fingerprint density at radius 1 is 0.926 bits per heavy atom. The van der Waals surface area contributed by atoms with Crippen molar-refractivity contribution in [2.45, 2.75) is 45.4 Å². The normalized spacial score (nSPS) is 11.3. The number of amides is 1. The van der Waals surface area contributed by atoms with Gasteiger partial charge in [-0.25, -0.2) is 8.42 Å². The predicted octanol–water partition coefficient (Wildman–Crippen LogP) is 4.37. The topological polar surface area (TPSA) is 66.5 Å². The molecule has 0 bridgehead atoms. The van der Waals surface area contributed by atoms with Crippen molar-refractivity contribution in [3.05, 3.63) is 59.2 Å². The minimum atomic E-state index is -3.70. The maximum atomic E-state index is 12.6. The van der Waals surface area contributed by atoms with Crippen LogP contribution in [0.1, 0.15) is 48.2 Å². The molecule has 0 fully saturated rings. The van der Waals surface area contributed by atoms with Crippen molar-refractivity contribution in [1.82, 2.24) is 4.90 Å². The third-order valence-electron chi connectivity index (χ3n) is 4.16. The van der Waals surface area contributed by atoms with E-state index in [1.807, 2.05) is 33.8 Å². The minimum absolute atomic E-state index is 0.0649. The summed E-state index contributed by atoms with van der Waals surface area (Å²) in [6.45, 7) is 9.30. The first-order chi connectivity index (χ1) is 12.8. The molecule has 0 heterocycles. The van der Waals surface area contributed by atoms with Crippen LogP contribution in [0.5, 0.6) is 0 Å². The lowest BCUT2D eigenvalue weighted by Gasteiger charge is -2.21. The minimum Gasteiger partial charge on any atom is -0.339 e. The summed E-state index contributed by atoms with van der Waals surface area (Å²) in [5.74, 6) is -0.0649. The molecule has 0 radical (unpaired) electrons. The van der Waals surface area contributed by atoms with E-state index in [1.54, 1.807) is 29.2 Å². The number of carbonyl (C=O) groups is 1. The summed E-state index contributed by atoms with van der Waals surface area (Å²) in [7, 11) is -3.70. The highest BCUT2D eigenvalue weighted by Gasteiger charge is 2.18. The van der Waals surface area contributed by atoms with Gasteiger partial charge in [0.1, 0.15) is 0 Å². The Kier molecular flexibility index (Phi) is 7.02. The van der Waals surface area contributed by atoms with Gasteiger partial charge in [0.25, 0.3) is 15.9 Å². The van der Waals surface area contributed by atoms with Gasteiger partial charge in [-0.1, -0.05) is 19.9 Å². The van der Waals surface area contributed by atoms with Crippen LogP contribution in [0.3, 0.4) is 0 Å². The zero-order valence-electron chi connectivity index (χ0n) is 16.5. The van der Waals surface area contributed by atoms with Gasteiger partial charge in [-0.2, -0.15) is 0 Å². The van der Waals surface area contributed by atoms with E-state index >= 15 is 0 Å². The van der Waals surface area contributed by atoms with Gasteiger partial charge in [-0.05, 0) is 74.2 Å². The number of rotatable bonds is 8.